The van der Waals surface area contributed by atoms with E-state index in [1.54, 1.807) is 4.90 Å². The summed E-state index contributed by atoms with van der Waals surface area (Å²) < 4.78 is 0. The first kappa shape index (κ1) is 19.1. The molecule has 0 spiro atoms. The number of hydrogen-bond acceptors (Lipinski definition) is 5. The Morgan fingerprint density at radius 2 is 2.00 bits per heavy atom. The van der Waals surface area contributed by atoms with E-state index >= 15 is 0 Å². The predicted molar refractivity (Wildman–Crippen MR) is 104 cm³/mol. The highest BCUT2D eigenvalue weighted by molar-refractivity contribution is 6.05. The fourth-order valence-corrected chi connectivity index (χ4v) is 4.54. The first-order valence-corrected chi connectivity index (χ1v) is 10.0. The molecule has 7 heteroatoms. The van der Waals surface area contributed by atoms with Crippen molar-refractivity contribution in [2.24, 2.45) is 5.73 Å². The van der Waals surface area contributed by atoms with Crippen molar-refractivity contribution >= 4 is 17.7 Å². The van der Waals surface area contributed by atoms with Crippen LogP contribution in [-0.4, -0.2) is 51.7 Å². The van der Waals surface area contributed by atoms with Crippen LogP contribution < -0.4 is 11.1 Å². The molecule has 2 saturated heterocycles. The van der Waals surface area contributed by atoms with Crippen LogP contribution in [0.3, 0.4) is 0 Å². The molecule has 7 nitrogen and oxygen atoms in total. The first-order chi connectivity index (χ1) is 13.2. The van der Waals surface area contributed by atoms with Crippen LogP contribution >= 0.6 is 0 Å². The molecule has 0 aliphatic carbocycles. The zero-order valence-corrected chi connectivity index (χ0v) is 16.5. The average Bonchev–Trinajstić information content (AvgIpc) is 2.95. The SMILES string of the molecule is CC1(C)CCC(N)CN1Cc1ccc2c(c1)CN(C1CCC(=O)NC1=O)C2=O. The average molecular weight is 384 g/mol. The highest BCUT2D eigenvalue weighted by atomic mass is 16.2. The van der Waals surface area contributed by atoms with Gasteiger partial charge < -0.3 is 10.6 Å². The van der Waals surface area contributed by atoms with Crippen molar-refractivity contribution in [3.8, 4) is 0 Å². The lowest BCUT2D eigenvalue weighted by Gasteiger charge is -2.45. The van der Waals surface area contributed by atoms with E-state index in [-0.39, 0.29) is 35.7 Å². The molecule has 1 aromatic rings. The lowest BCUT2D eigenvalue weighted by Crippen LogP contribution is -2.53. The molecular formula is C21H28N4O3. The normalized spacial score (nSPS) is 27.7. The molecule has 3 heterocycles. The number of piperidine rings is 2. The molecule has 0 saturated carbocycles. The second-order valence-corrected chi connectivity index (χ2v) is 8.88. The molecule has 2 fully saturated rings. The van der Waals surface area contributed by atoms with Crippen molar-refractivity contribution < 1.29 is 14.4 Å². The molecule has 2 atom stereocenters. The minimum atomic E-state index is -0.569. The van der Waals surface area contributed by atoms with Gasteiger partial charge in [-0.1, -0.05) is 12.1 Å². The van der Waals surface area contributed by atoms with Gasteiger partial charge in [-0.05, 0) is 50.3 Å². The predicted octanol–water partition coefficient (Wildman–Crippen LogP) is 1.15. The van der Waals surface area contributed by atoms with Crippen molar-refractivity contribution in [3.05, 3.63) is 34.9 Å². The summed E-state index contributed by atoms with van der Waals surface area (Å²) in [7, 11) is 0. The monoisotopic (exact) mass is 384 g/mol. The first-order valence-electron chi connectivity index (χ1n) is 10.0. The van der Waals surface area contributed by atoms with Gasteiger partial charge in [0.1, 0.15) is 6.04 Å². The Morgan fingerprint density at radius 1 is 1.21 bits per heavy atom. The summed E-state index contributed by atoms with van der Waals surface area (Å²) in [5.41, 5.74) is 9.04. The van der Waals surface area contributed by atoms with Crippen molar-refractivity contribution in [2.75, 3.05) is 6.54 Å². The van der Waals surface area contributed by atoms with Crippen molar-refractivity contribution in [1.82, 2.24) is 15.1 Å². The Kier molecular flexibility index (Phi) is 4.75. The van der Waals surface area contributed by atoms with Crippen molar-refractivity contribution in [1.29, 1.82) is 0 Å². The van der Waals surface area contributed by atoms with E-state index < -0.39 is 6.04 Å². The van der Waals surface area contributed by atoms with Gasteiger partial charge in [-0.2, -0.15) is 0 Å². The van der Waals surface area contributed by atoms with Crippen LogP contribution in [0, 0.1) is 0 Å². The van der Waals surface area contributed by atoms with Gasteiger partial charge in [0, 0.05) is 43.2 Å². The zero-order valence-electron chi connectivity index (χ0n) is 16.5. The number of nitrogens with one attached hydrogen (secondary N) is 1. The summed E-state index contributed by atoms with van der Waals surface area (Å²) in [4.78, 5) is 40.4. The van der Waals surface area contributed by atoms with E-state index in [1.807, 2.05) is 12.1 Å². The van der Waals surface area contributed by atoms with Gasteiger partial charge in [-0.3, -0.25) is 24.6 Å². The third-order valence-electron chi connectivity index (χ3n) is 6.40. The molecule has 3 aliphatic heterocycles. The quantitative estimate of drug-likeness (QED) is 0.762. The van der Waals surface area contributed by atoms with E-state index in [0.717, 1.165) is 37.1 Å². The van der Waals surface area contributed by atoms with E-state index in [1.165, 1.54) is 0 Å². The Balaban J connectivity index is 1.51. The summed E-state index contributed by atoms with van der Waals surface area (Å²) in [5, 5.41) is 2.34. The van der Waals surface area contributed by atoms with E-state index in [4.69, 9.17) is 5.73 Å². The highest BCUT2D eigenvalue weighted by Gasteiger charge is 2.39. The number of likely N-dealkylation sites (tertiary alicyclic amines) is 1. The molecule has 3 aliphatic rings. The minimum absolute atomic E-state index is 0.101. The number of nitrogens with two attached hydrogens (primary N) is 1. The van der Waals surface area contributed by atoms with Gasteiger partial charge >= 0.3 is 0 Å². The second-order valence-electron chi connectivity index (χ2n) is 8.88. The Labute approximate surface area is 165 Å². The maximum atomic E-state index is 12.8. The molecule has 3 amide bonds. The molecule has 28 heavy (non-hydrogen) atoms. The topological polar surface area (TPSA) is 95.7 Å². The molecule has 2 unspecified atom stereocenters. The fourth-order valence-electron chi connectivity index (χ4n) is 4.54. The lowest BCUT2D eigenvalue weighted by atomic mass is 9.88. The lowest BCUT2D eigenvalue weighted by molar-refractivity contribution is -0.136. The van der Waals surface area contributed by atoms with Crippen molar-refractivity contribution in [2.45, 2.75) is 70.2 Å². The maximum absolute atomic E-state index is 12.8. The molecule has 1 aromatic carbocycles. The maximum Gasteiger partial charge on any atom is 0.255 e. The molecule has 0 aromatic heterocycles. The summed E-state index contributed by atoms with van der Waals surface area (Å²) in [6.45, 7) is 6.57. The van der Waals surface area contributed by atoms with Crippen LogP contribution in [-0.2, 0) is 22.7 Å². The van der Waals surface area contributed by atoms with Crippen LogP contribution in [0.2, 0.25) is 0 Å². The fraction of sp³-hybridized carbons (Fsp3) is 0.571. The molecule has 0 radical (unpaired) electrons. The Morgan fingerprint density at radius 3 is 2.75 bits per heavy atom. The van der Waals surface area contributed by atoms with Gasteiger partial charge in [-0.25, -0.2) is 0 Å². The minimum Gasteiger partial charge on any atom is -0.327 e. The van der Waals surface area contributed by atoms with Crippen molar-refractivity contribution in [3.63, 3.8) is 0 Å². The van der Waals surface area contributed by atoms with Crippen LogP contribution in [0.15, 0.2) is 18.2 Å². The Hall–Kier alpha value is -2.25. The van der Waals surface area contributed by atoms with Crippen LogP contribution in [0.25, 0.3) is 0 Å². The van der Waals surface area contributed by atoms with Gasteiger partial charge in [-0.15, -0.1) is 0 Å². The number of nitrogens with zero attached hydrogens (tertiary/aromatic N) is 2. The standard InChI is InChI=1S/C21H28N4O3/c1-21(2)8-7-15(22)12-24(21)10-13-3-4-16-14(9-13)11-25(20(16)28)17-5-6-18(26)23-19(17)27/h3-4,9,15,17H,5-8,10-12,22H2,1-2H3,(H,23,26,27). The number of rotatable bonds is 3. The van der Waals surface area contributed by atoms with E-state index in [2.05, 4.69) is 30.1 Å². The number of carbonyl (C=O) groups excluding carboxylic acids is 3. The molecule has 150 valence electrons. The van der Waals surface area contributed by atoms with Gasteiger partial charge in [0.15, 0.2) is 0 Å². The van der Waals surface area contributed by atoms with Crippen LogP contribution in [0.1, 0.15) is 61.0 Å². The third kappa shape index (κ3) is 3.44. The Bertz CT molecular complexity index is 835. The number of hydrogen-bond donors (Lipinski definition) is 2. The summed E-state index contributed by atoms with van der Waals surface area (Å²) in [6.07, 6.45) is 2.77. The summed E-state index contributed by atoms with van der Waals surface area (Å²) in [5.74, 6) is -0.770. The van der Waals surface area contributed by atoms with E-state index in [0.29, 0.717) is 18.5 Å². The van der Waals surface area contributed by atoms with Crippen LogP contribution in [0.4, 0.5) is 0 Å². The third-order valence-corrected chi connectivity index (χ3v) is 6.40. The summed E-state index contributed by atoms with van der Waals surface area (Å²) >= 11 is 0. The summed E-state index contributed by atoms with van der Waals surface area (Å²) in [6, 6.07) is 5.58. The largest absolute Gasteiger partial charge is 0.327 e. The number of fused-ring (bicyclic) bond motifs is 1. The number of amides is 3. The highest BCUT2D eigenvalue weighted by Crippen LogP contribution is 2.31. The number of imide groups is 1. The smallest absolute Gasteiger partial charge is 0.255 e. The van der Waals surface area contributed by atoms with Crippen LogP contribution in [0.5, 0.6) is 0 Å². The van der Waals surface area contributed by atoms with Gasteiger partial charge in [0.25, 0.3) is 5.91 Å². The molecule has 0 bridgehead atoms. The molecular weight excluding hydrogens is 356 g/mol. The zero-order chi connectivity index (χ0) is 20.1. The van der Waals surface area contributed by atoms with E-state index in [9.17, 15) is 14.4 Å². The van der Waals surface area contributed by atoms with Gasteiger partial charge in [0.05, 0.1) is 0 Å². The number of carbonyl (C=O) groups is 3. The van der Waals surface area contributed by atoms with Gasteiger partial charge in [0.2, 0.25) is 11.8 Å². The second kappa shape index (κ2) is 6.97. The number of benzene rings is 1. The molecule has 3 N–H and O–H groups in total. The molecule has 4 rings (SSSR count).